The van der Waals surface area contributed by atoms with Gasteiger partial charge in [0.1, 0.15) is 23.5 Å². The van der Waals surface area contributed by atoms with Gasteiger partial charge < -0.3 is 4.42 Å². The van der Waals surface area contributed by atoms with Gasteiger partial charge in [0.2, 0.25) is 0 Å². The second-order valence-electron chi connectivity index (χ2n) is 6.49. The first-order valence-electron chi connectivity index (χ1n) is 8.54. The number of nitrogens with zero attached hydrogens (tertiary/aromatic N) is 3. The van der Waals surface area contributed by atoms with Crippen molar-refractivity contribution in [2.24, 2.45) is 0 Å². The molecule has 1 aromatic carbocycles. The average Bonchev–Trinajstić information content (AvgIpc) is 3.19. The largest absolute Gasteiger partial charge is 0.459 e. The summed E-state index contributed by atoms with van der Waals surface area (Å²) in [6.07, 6.45) is 3.72. The van der Waals surface area contributed by atoms with Gasteiger partial charge in [-0.25, -0.2) is 9.67 Å². The molecule has 3 heterocycles. The molecule has 6 nitrogen and oxygen atoms in total. The summed E-state index contributed by atoms with van der Waals surface area (Å²) in [6.45, 7) is 5.89. The maximum atomic E-state index is 6.03. The Morgan fingerprint density at radius 3 is 3.12 bits per heavy atom. The number of aryl methyl sites for hydroxylation is 2. The zero-order valence-electron chi connectivity index (χ0n) is 14.1. The van der Waals surface area contributed by atoms with Gasteiger partial charge >= 0.3 is 0 Å². The van der Waals surface area contributed by atoms with Crippen LogP contribution in [-0.2, 0) is 13.0 Å². The van der Waals surface area contributed by atoms with E-state index in [0.29, 0.717) is 6.04 Å². The third-order valence-corrected chi connectivity index (χ3v) is 4.88. The Kier molecular flexibility index (Phi) is 4.08. The van der Waals surface area contributed by atoms with E-state index in [-0.39, 0.29) is 6.04 Å². The first kappa shape index (κ1) is 15.4. The van der Waals surface area contributed by atoms with E-state index < -0.39 is 0 Å². The molecule has 1 aliphatic heterocycles. The Balaban J connectivity index is 1.35. The van der Waals surface area contributed by atoms with Crippen molar-refractivity contribution in [3.05, 3.63) is 47.7 Å². The van der Waals surface area contributed by atoms with Crippen molar-refractivity contribution in [1.29, 1.82) is 0 Å². The molecule has 0 radical (unpaired) electrons. The van der Waals surface area contributed by atoms with Gasteiger partial charge in [0.15, 0.2) is 0 Å². The van der Waals surface area contributed by atoms with Crippen LogP contribution in [0.3, 0.4) is 0 Å². The van der Waals surface area contributed by atoms with Gasteiger partial charge in [0.25, 0.3) is 0 Å². The summed E-state index contributed by atoms with van der Waals surface area (Å²) in [5, 5.41) is 12.5. The van der Waals surface area contributed by atoms with E-state index in [1.807, 2.05) is 16.8 Å². The highest BCUT2D eigenvalue weighted by atomic mass is 16.3. The van der Waals surface area contributed by atoms with Crippen molar-refractivity contribution in [3.8, 4) is 0 Å². The zero-order valence-corrected chi connectivity index (χ0v) is 14.1. The highest BCUT2D eigenvalue weighted by Gasteiger charge is 2.20. The standard InChI is InChI=1S/C18H23N5O/c1-12-15-5-3-4-6-16(15)24-18(12)13(2)19-10-20-14-7-8-17-21-11-22-23(17)9-14/h3-6,11,13-14,19-20H,7-10H2,1-2H3. The van der Waals surface area contributed by atoms with E-state index in [4.69, 9.17) is 4.42 Å². The predicted octanol–water partition coefficient (Wildman–Crippen LogP) is 2.55. The normalized spacial score (nSPS) is 18.7. The molecule has 2 atom stereocenters. The molecule has 3 aromatic rings. The SMILES string of the molecule is Cc1c(C(C)NCNC2CCc3ncnn3C2)oc2ccccc12. The number of hydrogen-bond acceptors (Lipinski definition) is 5. The van der Waals surface area contributed by atoms with Crippen LogP contribution in [0.25, 0.3) is 11.0 Å². The Hall–Kier alpha value is -2.18. The molecule has 0 spiro atoms. The molecular formula is C18H23N5O. The molecule has 0 aliphatic carbocycles. The summed E-state index contributed by atoms with van der Waals surface area (Å²) in [5.74, 6) is 2.10. The lowest BCUT2D eigenvalue weighted by Gasteiger charge is -2.24. The molecule has 0 bridgehead atoms. The molecule has 0 saturated carbocycles. The van der Waals surface area contributed by atoms with Gasteiger partial charge in [0, 0.05) is 24.5 Å². The molecule has 0 amide bonds. The maximum Gasteiger partial charge on any atom is 0.138 e. The van der Waals surface area contributed by atoms with Crippen molar-refractivity contribution >= 4 is 11.0 Å². The predicted molar refractivity (Wildman–Crippen MR) is 92.6 cm³/mol. The summed E-state index contributed by atoms with van der Waals surface area (Å²) >= 11 is 0. The van der Waals surface area contributed by atoms with E-state index in [0.717, 1.165) is 43.2 Å². The molecule has 2 aromatic heterocycles. The van der Waals surface area contributed by atoms with Crippen LogP contribution in [-0.4, -0.2) is 27.5 Å². The summed E-state index contributed by atoms with van der Waals surface area (Å²) in [7, 11) is 0. The molecule has 1 aliphatic rings. The van der Waals surface area contributed by atoms with Gasteiger partial charge in [-0.2, -0.15) is 5.10 Å². The van der Waals surface area contributed by atoms with Gasteiger partial charge in [-0.05, 0) is 31.9 Å². The number of rotatable bonds is 5. The fourth-order valence-corrected chi connectivity index (χ4v) is 3.46. The van der Waals surface area contributed by atoms with Crippen LogP contribution in [0.5, 0.6) is 0 Å². The highest BCUT2D eigenvalue weighted by molar-refractivity contribution is 5.82. The van der Waals surface area contributed by atoms with Crippen LogP contribution in [0.1, 0.15) is 36.5 Å². The van der Waals surface area contributed by atoms with E-state index >= 15 is 0 Å². The lowest BCUT2D eigenvalue weighted by atomic mass is 10.1. The summed E-state index contributed by atoms with van der Waals surface area (Å²) in [5.41, 5.74) is 2.17. The molecule has 126 valence electrons. The van der Waals surface area contributed by atoms with Crippen molar-refractivity contribution in [1.82, 2.24) is 25.4 Å². The molecule has 2 N–H and O–H groups in total. The van der Waals surface area contributed by atoms with Crippen molar-refractivity contribution in [2.45, 2.75) is 45.3 Å². The molecular weight excluding hydrogens is 302 g/mol. The molecule has 24 heavy (non-hydrogen) atoms. The number of hydrogen-bond donors (Lipinski definition) is 2. The highest BCUT2D eigenvalue weighted by Crippen LogP contribution is 2.28. The van der Waals surface area contributed by atoms with Crippen molar-refractivity contribution in [2.75, 3.05) is 6.67 Å². The quantitative estimate of drug-likeness (QED) is 0.706. The first-order chi connectivity index (χ1) is 11.7. The van der Waals surface area contributed by atoms with E-state index in [1.165, 1.54) is 10.9 Å². The van der Waals surface area contributed by atoms with Crippen LogP contribution < -0.4 is 10.6 Å². The van der Waals surface area contributed by atoms with E-state index in [9.17, 15) is 0 Å². The van der Waals surface area contributed by atoms with Crippen LogP contribution in [0.2, 0.25) is 0 Å². The number of furan rings is 1. The minimum atomic E-state index is 0.162. The third kappa shape index (κ3) is 2.83. The van der Waals surface area contributed by atoms with Crippen LogP contribution in [0.4, 0.5) is 0 Å². The van der Waals surface area contributed by atoms with E-state index in [2.05, 4.69) is 46.7 Å². The Morgan fingerprint density at radius 1 is 1.38 bits per heavy atom. The zero-order chi connectivity index (χ0) is 16.5. The molecule has 0 fully saturated rings. The molecule has 2 unspecified atom stereocenters. The summed E-state index contributed by atoms with van der Waals surface area (Å²) < 4.78 is 8.02. The second kappa shape index (κ2) is 6.37. The molecule has 6 heteroatoms. The molecule has 0 saturated heterocycles. The van der Waals surface area contributed by atoms with Gasteiger partial charge in [-0.15, -0.1) is 0 Å². The fraction of sp³-hybridized carbons (Fsp3) is 0.444. The molecule has 4 rings (SSSR count). The van der Waals surface area contributed by atoms with Crippen LogP contribution >= 0.6 is 0 Å². The Bertz CT molecular complexity index is 837. The number of fused-ring (bicyclic) bond motifs is 2. The number of aromatic nitrogens is 3. The van der Waals surface area contributed by atoms with Crippen LogP contribution in [0, 0.1) is 6.92 Å². The first-order valence-corrected chi connectivity index (χ1v) is 8.54. The fourth-order valence-electron chi connectivity index (χ4n) is 3.46. The lowest BCUT2D eigenvalue weighted by molar-refractivity contribution is 0.336. The number of para-hydroxylation sites is 1. The summed E-state index contributed by atoms with van der Waals surface area (Å²) in [6, 6.07) is 8.78. The second-order valence-corrected chi connectivity index (χ2v) is 6.49. The third-order valence-electron chi connectivity index (χ3n) is 4.88. The van der Waals surface area contributed by atoms with Crippen molar-refractivity contribution in [3.63, 3.8) is 0 Å². The average molecular weight is 325 g/mol. The van der Waals surface area contributed by atoms with Gasteiger partial charge in [-0.1, -0.05) is 18.2 Å². The minimum absolute atomic E-state index is 0.162. The van der Waals surface area contributed by atoms with Crippen LogP contribution in [0.15, 0.2) is 35.0 Å². The Morgan fingerprint density at radius 2 is 2.25 bits per heavy atom. The minimum Gasteiger partial charge on any atom is -0.459 e. The number of nitrogens with one attached hydrogen (secondary N) is 2. The Labute approximate surface area is 141 Å². The van der Waals surface area contributed by atoms with E-state index in [1.54, 1.807) is 6.33 Å². The lowest BCUT2D eigenvalue weighted by Crippen LogP contribution is -2.43. The summed E-state index contributed by atoms with van der Waals surface area (Å²) in [4.78, 5) is 4.27. The number of benzene rings is 1. The monoisotopic (exact) mass is 325 g/mol. The maximum absolute atomic E-state index is 6.03. The smallest absolute Gasteiger partial charge is 0.138 e. The van der Waals surface area contributed by atoms with Gasteiger partial charge in [0.05, 0.1) is 12.6 Å². The van der Waals surface area contributed by atoms with Crippen molar-refractivity contribution < 1.29 is 4.42 Å². The topological polar surface area (TPSA) is 67.9 Å². The van der Waals surface area contributed by atoms with Gasteiger partial charge in [-0.3, -0.25) is 10.6 Å².